The second-order valence-corrected chi connectivity index (χ2v) is 5.08. The van der Waals surface area contributed by atoms with Gasteiger partial charge in [-0.1, -0.05) is 48.0 Å². The first-order valence-electron chi connectivity index (χ1n) is 5.25. The van der Waals surface area contributed by atoms with Crippen LogP contribution in [0.3, 0.4) is 0 Å². The van der Waals surface area contributed by atoms with Crippen molar-refractivity contribution < 1.29 is 0 Å². The monoisotopic (exact) mass is 323 g/mol. The van der Waals surface area contributed by atoms with Gasteiger partial charge in [0, 0.05) is 3.57 Å². The van der Waals surface area contributed by atoms with Crippen molar-refractivity contribution in [2.75, 3.05) is 0 Å². The van der Waals surface area contributed by atoms with E-state index in [-0.39, 0.29) is 6.04 Å². The molecule has 1 nitrogen and oxygen atoms in total. The zero-order valence-electron chi connectivity index (χ0n) is 9.15. The predicted octanol–water partition coefficient (Wildman–Crippen LogP) is 3.65. The van der Waals surface area contributed by atoms with Crippen LogP contribution in [0.25, 0.3) is 0 Å². The summed E-state index contributed by atoms with van der Waals surface area (Å²) in [5.41, 5.74) is 9.89. The Labute approximate surface area is 110 Å². The van der Waals surface area contributed by atoms with E-state index in [1.165, 1.54) is 20.3 Å². The molecule has 0 aromatic heterocycles. The SMILES string of the molecule is Cc1cccc(C(N)c2ccccc2I)c1. The lowest BCUT2D eigenvalue weighted by molar-refractivity contribution is 0.863. The van der Waals surface area contributed by atoms with Gasteiger partial charge in [-0.2, -0.15) is 0 Å². The quantitative estimate of drug-likeness (QED) is 0.839. The van der Waals surface area contributed by atoms with Crippen LogP contribution in [0.4, 0.5) is 0 Å². The van der Waals surface area contributed by atoms with Crippen LogP contribution >= 0.6 is 22.6 Å². The van der Waals surface area contributed by atoms with Crippen molar-refractivity contribution >= 4 is 22.6 Å². The minimum atomic E-state index is -0.0343. The Balaban J connectivity index is 2.39. The van der Waals surface area contributed by atoms with Crippen LogP contribution in [-0.2, 0) is 0 Å². The van der Waals surface area contributed by atoms with Gasteiger partial charge >= 0.3 is 0 Å². The van der Waals surface area contributed by atoms with Crippen molar-refractivity contribution in [3.05, 3.63) is 68.8 Å². The van der Waals surface area contributed by atoms with Crippen LogP contribution in [-0.4, -0.2) is 0 Å². The number of rotatable bonds is 2. The molecule has 0 heterocycles. The Kier molecular flexibility index (Phi) is 3.61. The molecule has 2 aromatic carbocycles. The molecule has 0 saturated carbocycles. The minimum absolute atomic E-state index is 0.0343. The number of benzene rings is 2. The van der Waals surface area contributed by atoms with Crippen molar-refractivity contribution in [2.24, 2.45) is 5.73 Å². The van der Waals surface area contributed by atoms with E-state index in [4.69, 9.17) is 5.73 Å². The summed E-state index contributed by atoms with van der Waals surface area (Å²) < 4.78 is 1.22. The average Bonchev–Trinajstić information content (AvgIpc) is 2.29. The summed E-state index contributed by atoms with van der Waals surface area (Å²) in [5, 5.41) is 0. The van der Waals surface area contributed by atoms with Gasteiger partial charge in [-0.05, 0) is 46.7 Å². The molecule has 0 amide bonds. The number of aryl methyl sites for hydroxylation is 1. The Morgan fingerprint density at radius 3 is 2.50 bits per heavy atom. The van der Waals surface area contributed by atoms with Gasteiger partial charge in [0.2, 0.25) is 0 Å². The smallest absolute Gasteiger partial charge is 0.0562 e. The highest BCUT2D eigenvalue weighted by Gasteiger charge is 2.11. The molecule has 82 valence electrons. The number of halogens is 1. The molecule has 0 spiro atoms. The second kappa shape index (κ2) is 4.97. The average molecular weight is 323 g/mol. The number of nitrogens with two attached hydrogens (primary N) is 1. The van der Waals surface area contributed by atoms with Crippen LogP contribution in [0.2, 0.25) is 0 Å². The maximum Gasteiger partial charge on any atom is 0.0562 e. The van der Waals surface area contributed by atoms with Crippen LogP contribution in [0.15, 0.2) is 48.5 Å². The maximum absolute atomic E-state index is 6.28. The summed E-state index contributed by atoms with van der Waals surface area (Å²) in [6.07, 6.45) is 0. The third kappa shape index (κ3) is 2.44. The highest BCUT2D eigenvalue weighted by atomic mass is 127. The zero-order chi connectivity index (χ0) is 11.5. The Morgan fingerprint density at radius 2 is 1.81 bits per heavy atom. The molecule has 0 aliphatic rings. The van der Waals surface area contributed by atoms with Gasteiger partial charge in [0.25, 0.3) is 0 Å². The highest BCUT2D eigenvalue weighted by molar-refractivity contribution is 14.1. The molecule has 0 radical (unpaired) electrons. The summed E-state index contributed by atoms with van der Waals surface area (Å²) in [4.78, 5) is 0. The molecule has 2 aromatic rings. The fourth-order valence-electron chi connectivity index (χ4n) is 1.77. The van der Waals surface area contributed by atoms with E-state index in [9.17, 15) is 0 Å². The molecule has 0 aliphatic carbocycles. The molecule has 1 unspecified atom stereocenters. The topological polar surface area (TPSA) is 26.0 Å². The van der Waals surface area contributed by atoms with Crippen LogP contribution in [0, 0.1) is 10.5 Å². The Bertz CT molecular complexity index is 494. The molecule has 0 aliphatic heterocycles. The first-order chi connectivity index (χ1) is 7.68. The molecule has 2 N–H and O–H groups in total. The molecule has 2 heteroatoms. The Morgan fingerprint density at radius 1 is 1.06 bits per heavy atom. The van der Waals surface area contributed by atoms with Gasteiger partial charge in [0.15, 0.2) is 0 Å². The van der Waals surface area contributed by atoms with Gasteiger partial charge < -0.3 is 5.73 Å². The first kappa shape index (κ1) is 11.6. The lowest BCUT2D eigenvalue weighted by atomic mass is 9.98. The fraction of sp³-hybridized carbons (Fsp3) is 0.143. The summed E-state index contributed by atoms with van der Waals surface area (Å²) >= 11 is 2.33. The van der Waals surface area contributed by atoms with Gasteiger partial charge in [0.1, 0.15) is 0 Å². The minimum Gasteiger partial charge on any atom is -0.320 e. The maximum atomic E-state index is 6.28. The molecular weight excluding hydrogens is 309 g/mol. The highest BCUT2D eigenvalue weighted by Crippen LogP contribution is 2.24. The summed E-state index contributed by atoms with van der Waals surface area (Å²) in [7, 11) is 0. The first-order valence-corrected chi connectivity index (χ1v) is 6.33. The largest absolute Gasteiger partial charge is 0.320 e. The van der Waals surface area contributed by atoms with E-state index in [2.05, 4.69) is 65.9 Å². The van der Waals surface area contributed by atoms with E-state index in [0.29, 0.717) is 0 Å². The summed E-state index contributed by atoms with van der Waals surface area (Å²) in [5.74, 6) is 0. The standard InChI is InChI=1S/C14H14IN/c1-10-5-4-6-11(9-10)14(16)12-7-2-3-8-13(12)15/h2-9,14H,16H2,1H3. The summed E-state index contributed by atoms with van der Waals surface area (Å²) in [6, 6.07) is 16.6. The van der Waals surface area contributed by atoms with Gasteiger partial charge in [-0.3, -0.25) is 0 Å². The predicted molar refractivity (Wildman–Crippen MR) is 76.4 cm³/mol. The second-order valence-electron chi connectivity index (χ2n) is 3.91. The summed E-state index contributed by atoms with van der Waals surface area (Å²) in [6.45, 7) is 2.09. The van der Waals surface area contributed by atoms with E-state index >= 15 is 0 Å². The van der Waals surface area contributed by atoms with E-state index in [0.717, 1.165) is 0 Å². The van der Waals surface area contributed by atoms with Gasteiger partial charge in [0.05, 0.1) is 6.04 Å². The molecule has 16 heavy (non-hydrogen) atoms. The van der Waals surface area contributed by atoms with Gasteiger partial charge in [-0.25, -0.2) is 0 Å². The van der Waals surface area contributed by atoms with Crippen LogP contribution in [0.1, 0.15) is 22.7 Å². The van der Waals surface area contributed by atoms with Crippen molar-refractivity contribution in [1.29, 1.82) is 0 Å². The van der Waals surface area contributed by atoms with Crippen molar-refractivity contribution in [3.63, 3.8) is 0 Å². The molecule has 0 bridgehead atoms. The number of hydrogen-bond donors (Lipinski definition) is 1. The third-order valence-corrected chi connectivity index (χ3v) is 3.62. The molecule has 2 rings (SSSR count). The zero-order valence-corrected chi connectivity index (χ0v) is 11.3. The Hall–Kier alpha value is -0.870. The van der Waals surface area contributed by atoms with Crippen molar-refractivity contribution in [2.45, 2.75) is 13.0 Å². The third-order valence-electron chi connectivity index (χ3n) is 2.64. The fourth-order valence-corrected chi connectivity index (χ4v) is 2.49. The molecular formula is C14H14IN. The van der Waals surface area contributed by atoms with Crippen LogP contribution < -0.4 is 5.73 Å². The number of hydrogen-bond acceptors (Lipinski definition) is 1. The van der Waals surface area contributed by atoms with E-state index < -0.39 is 0 Å². The van der Waals surface area contributed by atoms with Crippen molar-refractivity contribution in [1.82, 2.24) is 0 Å². The van der Waals surface area contributed by atoms with E-state index in [1.807, 2.05) is 12.1 Å². The van der Waals surface area contributed by atoms with E-state index in [1.54, 1.807) is 0 Å². The van der Waals surface area contributed by atoms with Gasteiger partial charge in [-0.15, -0.1) is 0 Å². The lowest BCUT2D eigenvalue weighted by Crippen LogP contribution is -2.13. The molecule has 0 saturated heterocycles. The molecule has 1 atom stereocenters. The van der Waals surface area contributed by atoms with Crippen LogP contribution in [0.5, 0.6) is 0 Å². The molecule has 0 fully saturated rings. The lowest BCUT2D eigenvalue weighted by Gasteiger charge is -2.14. The van der Waals surface area contributed by atoms with Crippen molar-refractivity contribution in [3.8, 4) is 0 Å². The normalized spacial score (nSPS) is 12.4.